The second-order valence-corrected chi connectivity index (χ2v) is 6.79. The highest BCUT2D eigenvalue weighted by molar-refractivity contribution is 6.58. The summed E-state index contributed by atoms with van der Waals surface area (Å²) in [4.78, 5) is 12.8. The second-order valence-electron chi connectivity index (χ2n) is 6.79. The third-order valence-corrected chi connectivity index (χ3v) is 4.81. The molecule has 0 saturated carbocycles. The Morgan fingerprint density at radius 3 is 2.55 bits per heavy atom. The Bertz CT molecular complexity index is 927. The number of ether oxygens (including phenoxy) is 2. The SMILES string of the molecule is COc1c([C@@H]2CC(C)O[C@H]2C(=O)Nc2ccc(F)c(B(O)O)c2)ccc(F)c1F. The van der Waals surface area contributed by atoms with E-state index in [0.717, 1.165) is 18.2 Å². The topological polar surface area (TPSA) is 88.0 Å². The summed E-state index contributed by atoms with van der Waals surface area (Å²) in [5.74, 6) is -4.57. The van der Waals surface area contributed by atoms with Crippen LogP contribution in [0.25, 0.3) is 0 Å². The van der Waals surface area contributed by atoms with Crippen LogP contribution in [-0.4, -0.2) is 42.4 Å². The molecule has 29 heavy (non-hydrogen) atoms. The molecule has 10 heteroatoms. The number of hydrogen-bond acceptors (Lipinski definition) is 5. The summed E-state index contributed by atoms with van der Waals surface area (Å²) in [6.45, 7) is 1.74. The van der Waals surface area contributed by atoms with Gasteiger partial charge in [-0.25, -0.2) is 8.78 Å². The van der Waals surface area contributed by atoms with Gasteiger partial charge in [-0.1, -0.05) is 6.07 Å². The predicted molar refractivity (Wildman–Crippen MR) is 99.5 cm³/mol. The molecule has 2 aromatic rings. The molecule has 1 heterocycles. The number of hydrogen-bond donors (Lipinski definition) is 3. The van der Waals surface area contributed by atoms with E-state index in [-0.39, 0.29) is 17.5 Å². The molecule has 1 saturated heterocycles. The maximum absolute atomic E-state index is 14.1. The largest absolute Gasteiger partial charge is 0.493 e. The van der Waals surface area contributed by atoms with Gasteiger partial charge in [0.15, 0.2) is 11.6 Å². The van der Waals surface area contributed by atoms with Crippen LogP contribution >= 0.6 is 0 Å². The average molecular weight is 409 g/mol. The summed E-state index contributed by atoms with van der Waals surface area (Å²) >= 11 is 0. The lowest BCUT2D eigenvalue weighted by Gasteiger charge is -2.21. The number of nitrogens with one attached hydrogen (secondary N) is 1. The van der Waals surface area contributed by atoms with Gasteiger partial charge < -0.3 is 24.8 Å². The van der Waals surface area contributed by atoms with Gasteiger partial charge in [-0.05, 0) is 37.6 Å². The van der Waals surface area contributed by atoms with Crippen molar-refractivity contribution in [1.82, 2.24) is 0 Å². The number of benzene rings is 2. The molecule has 0 aromatic heterocycles. The van der Waals surface area contributed by atoms with E-state index in [1.54, 1.807) is 6.92 Å². The first-order chi connectivity index (χ1) is 13.7. The van der Waals surface area contributed by atoms with E-state index < -0.39 is 48.0 Å². The first-order valence-electron chi connectivity index (χ1n) is 8.86. The minimum atomic E-state index is -2.05. The third-order valence-electron chi connectivity index (χ3n) is 4.81. The Labute approximate surface area is 165 Å². The molecule has 6 nitrogen and oxygen atoms in total. The lowest BCUT2D eigenvalue weighted by Crippen LogP contribution is -2.35. The van der Waals surface area contributed by atoms with Gasteiger partial charge in [0.1, 0.15) is 11.9 Å². The van der Waals surface area contributed by atoms with Gasteiger partial charge in [-0.3, -0.25) is 4.79 Å². The number of carbonyl (C=O) groups is 1. The highest BCUT2D eigenvalue weighted by Gasteiger charge is 2.41. The zero-order valence-electron chi connectivity index (χ0n) is 15.7. The maximum atomic E-state index is 14.1. The number of anilines is 1. The molecule has 1 aliphatic rings. The minimum Gasteiger partial charge on any atom is -0.493 e. The number of amides is 1. The van der Waals surface area contributed by atoms with Crippen LogP contribution in [0.1, 0.15) is 24.8 Å². The van der Waals surface area contributed by atoms with Crippen LogP contribution in [0.15, 0.2) is 30.3 Å². The first kappa shape index (κ1) is 21.2. The summed E-state index contributed by atoms with van der Waals surface area (Å²) in [6.07, 6.45) is -1.02. The van der Waals surface area contributed by atoms with Crippen LogP contribution in [0.5, 0.6) is 5.75 Å². The fourth-order valence-corrected chi connectivity index (χ4v) is 3.50. The molecule has 0 bridgehead atoms. The number of halogens is 3. The van der Waals surface area contributed by atoms with Crippen molar-refractivity contribution in [2.45, 2.75) is 31.5 Å². The molecule has 0 radical (unpaired) electrons. The summed E-state index contributed by atoms with van der Waals surface area (Å²) in [6, 6.07) is 5.63. The van der Waals surface area contributed by atoms with Crippen LogP contribution in [0.4, 0.5) is 18.9 Å². The number of methoxy groups -OCH3 is 1. The quantitative estimate of drug-likeness (QED) is 0.655. The zero-order valence-corrected chi connectivity index (χ0v) is 15.7. The van der Waals surface area contributed by atoms with Gasteiger partial charge in [0, 0.05) is 22.6 Å². The molecule has 1 amide bonds. The Hall–Kier alpha value is -2.56. The number of rotatable bonds is 5. The van der Waals surface area contributed by atoms with Crippen molar-refractivity contribution in [3.8, 4) is 5.75 Å². The highest BCUT2D eigenvalue weighted by Crippen LogP contribution is 2.41. The monoisotopic (exact) mass is 409 g/mol. The molecular formula is C19H19BF3NO5. The van der Waals surface area contributed by atoms with Crippen molar-refractivity contribution in [2.75, 3.05) is 12.4 Å². The summed E-state index contributed by atoms with van der Waals surface area (Å²) < 4.78 is 52.0. The van der Waals surface area contributed by atoms with E-state index in [1.165, 1.54) is 19.2 Å². The van der Waals surface area contributed by atoms with Crippen molar-refractivity contribution >= 4 is 24.2 Å². The van der Waals surface area contributed by atoms with Crippen LogP contribution in [0.2, 0.25) is 0 Å². The molecule has 154 valence electrons. The standard InChI is InChI=1S/C19H19BF3NO5/c1-9-7-12(11-4-6-15(22)16(23)17(11)28-2)18(29-9)19(25)24-10-3-5-14(21)13(8-10)20(26)27/h3-6,8-9,12,18,26-27H,7H2,1-2H3,(H,24,25)/t9?,12-,18+/m0/s1. The van der Waals surface area contributed by atoms with E-state index in [9.17, 15) is 28.0 Å². The minimum absolute atomic E-state index is 0.124. The lowest BCUT2D eigenvalue weighted by atomic mass is 9.79. The van der Waals surface area contributed by atoms with Crippen LogP contribution < -0.4 is 15.5 Å². The molecule has 2 aromatic carbocycles. The average Bonchev–Trinajstić information content (AvgIpc) is 3.06. The Kier molecular flexibility index (Phi) is 6.16. The fraction of sp³-hybridized carbons (Fsp3) is 0.316. The fourth-order valence-electron chi connectivity index (χ4n) is 3.50. The second kappa shape index (κ2) is 8.44. The van der Waals surface area contributed by atoms with Crippen molar-refractivity contribution < 1.29 is 37.5 Å². The van der Waals surface area contributed by atoms with Crippen molar-refractivity contribution in [2.24, 2.45) is 0 Å². The van der Waals surface area contributed by atoms with E-state index in [2.05, 4.69) is 5.32 Å². The van der Waals surface area contributed by atoms with Crippen LogP contribution in [-0.2, 0) is 9.53 Å². The van der Waals surface area contributed by atoms with Gasteiger partial charge in [-0.2, -0.15) is 4.39 Å². The first-order valence-corrected chi connectivity index (χ1v) is 8.86. The summed E-state index contributed by atoms with van der Waals surface area (Å²) in [5, 5.41) is 20.9. The molecule has 1 fully saturated rings. The molecule has 3 atom stereocenters. The van der Waals surface area contributed by atoms with Crippen molar-refractivity contribution in [3.05, 3.63) is 53.3 Å². The van der Waals surface area contributed by atoms with E-state index in [0.29, 0.717) is 12.0 Å². The van der Waals surface area contributed by atoms with Crippen molar-refractivity contribution in [1.29, 1.82) is 0 Å². The summed E-state index contributed by atoms with van der Waals surface area (Å²) in [5.41, 5.74) is 0.0162. The maximum Gasteiger partial charge on any atom is 0.491 e. The Balaban J connectivity index is 1.89. The molecule has 0 aliphatic carbocycles. The van der Waals surface area contributed by atoms with Gasteiger partial charge in [-0.15, -0.1) is 0 Å². The van der Waals surface area contributed by atoms with Gasteiger partial charge in [0.2, 0.25) is 5.82 Å². The van der Waals surface area contributed by atoms with Gasteiger partial charge in [0.25, 0.3) is 5.91 Å². The highest BCUT2D eigenvalue weighted by atomic mass is 19.2. The summed E-state index contributed by atoms with van der Waals surface area (Å²) in [7, 11) is -0.843. The molecular weight excluding hydrogens is 390 g/mol. The number of carbonyl (C=O) groups excluding carboxylic acids is 1. The zero-order chi connectivity index (χ0) is 21.3. The Morgan fingerprint density at radius 1 is 1.21 bits per heavy atom. The van der Waals surface area contributed by atoms with Gasteiger partial charge >= 0.3 is 7.12 Å². The van der Waals surface area contributed by atoms with E-state index in [1.807, 2.05) is 0 Å². The molecule has 0 spiro atoms. The predicted octanol–water partition coefficient (Wildman–Crippen LogP) is 1.69. The smallest absolute Gasteiger partial charge is 0.491 e. The van der Waals surface area contributed by atoms with Crippen molar-refractivity contribution in [3.63, 3.8) is 0 Å². The van der Waals surface area contributed by atoms with Crippen LogP contribution in [0.3, 0.4) is 0 Å². The third kappa shape index (κ3) is 4.24. The molecule has 1 aliphatic heterocycles. The Morgan fingerprint density at radius 2 is 1.90 bits per heavy atom. The normalized spacial score (nSPS) is 21.1. The molecule has 3 rings (SSSR count). The van der Waals surface area contributed by atoms with Crippen LogP contribution in [0, 0.1) is 17.5 Å². The molecule has 1 unspecified atom stereocenters. The molecule has 3 N–H and O–H groups in total. The van der Waals surface area contributed by atoms with E-state index >= 15 is 0 Å². The lowest BCUT2D eigenvalue weighted by molar-refractivity contribution is -0.126. The van der Waals surface area contributed by atoms with E-state index in [4.69, 9.17) is 9.47 Å². The van der Waals surface area contributed by atoms with Gasteiger partial charge in [0.05, 0.1) is 13.2 Å².